The Morgan fingerprint density at radius 2 is 1.90 bits per heavy atom. The Morgan fingerprint density at radius 1 is 1.30 bits per heavy atom. The van der Waals surface area contributed by atoms with E-state index < -0.39 is 0 Å². The van der Waals surface area contributed by atoms with Crippen molar-refractivity contribution in [3.8, 4) is 0 Å². The summed E-state index contributed by atoms with van der Waals surface area (Å²) in [4.78, 5) is 0. The van der Waals surface area contributed by atoms with E-state index in [2.05, 4.69) is 50.7 Å². The Labute approximate surface area is 82.6 Å². The van der Waals surface area contributed by atoms with E-state index in [1.165, 1.54) is 5.56 Å². The fourth-order valence-corrected chi connectivity index (χ4v) is 1.28. The van der Waals surface area contributed by atoms with Crippen LogP contribution < -0.4 is 0 Å². The van der Waals surface area contributed by atoms with Gasteiger partial charge in [-0.05, 0) is 25.6 Å². The van der Waals surface area contributed by atoms with Gasteiger partial charge in [0.1, 0.15) is 0 Å². The van der Waals surface area contributed by atoms with Gasteiger partial charge in [0.2, 0.25) is 0 Å². The van der Waals surface area contributed by atoms with E-state index in [4.69, 9.17) is 0 Å². The molecule has 0 saturated carbocycles. The number of hydrogen-bond donors (Lipinski definition) is 0. The highest BCUT2D eigenvalue weighted by Gasteiger charge is 1.91. The molecule has 0 amide bonds. The fourth-order valence-electron chi connectivity index (χ4n) is 0.660. The molecule has 0 bridgehead atoms. The Hall–Kier alpha value is 0.170. The third-order valence-corrected chi connectivity index (χ3v) is 3.31. The molecule has 1 rings (SSSR count). The summed E-state index contributed by atoms with van der Waals surface area (Å²) in [5.74, 6) is 0. The van der Waals surface area contributed by atoms with E-state index in [9.17, 15) is 0 Å². The minimum Gasteiger partial charge on any atom is -0.0622 e. The third-order valence-electron chi connectivity index (χ3n) is 1.15. The highest BCUT2D eigenvalue weighted by molar-refractivity contribution is 14.1. The van der Waals surface area contributed by atoms with Gasteiger partial charge >= 0.3 is 0 Å². The second kappa shape index (κ2) is 4.13. The van der Waals surface area contributed by atoms with Crippen LogP contribution in [0.5, 0.6) is 0 Å². The van der Waals surface area contributed by atoms with Crippen LogP contribution >= 0.6 is 38.5 Å². The van der Waals surface area contributed by atoms with Crippen LogP contribution in [0.15, 0.2) is 34.4 Å². The number of rotatable bonds is 1. The first-order chi connectivity index (χ1) is 4.84. The van der Waals surface area contributed by atoms with Crippen LogP contribution in [0.1, 0.15) is 5.56 Å². The largest absolute Gasteiger partial charge is 0.0622 e. The van der Waals surface area contributed by atoms with Gasteiger partial charge in [0.15, 0.2) is 0 Å². The van der Waals surface area contributed by atoms with Gasteiger partial charge in [-0.15, -0.1) is 0 Å². The Kier molecular flexibility index (Phi) is 3.42. The highest BCUT2D eigenvalue weighted by atomic mass is 127. The van der Waals surface area contributed by atoms with E-state index in [0.29, 0.717) is 0 Å². The van der Waals surface area contributed by atoms with Gasteiger partial charge in [0.25, 0.3) is 0 Å². The molecule has 0 heterocycles. The molecule has 0 N–H and O–H groups in total. The smallest absolute Gasteiger partial charge is 0.0308 e. The number of benzene rings is 1. The zero-order valence-electron chi connectivity index (χ0n) is 5.22. The number of halogens is 2. The van der Waals surface area contributed by atoms with Gasteiger partial charge in [-0.1, -0.05) is 52.9 Å². The van der Waals surface area contributed by atoms with Crippen LogP contribution in [-0.2, 0) is 0 Å². The second-order valence-corrected chi connectivity index (χ2v) is 3.30. The molecule has 10 heavy (non-hydrogen) atoms. The van der Waals surface area contributed by atoms with E-state index in [1.54, 1.807) is 0 Å². The molecular formula is C8H6BrI. The fraction of sp³-hybridized carbons (Fsp3) is 0. The Bertz CT molecular complexity index is 228. The standard InChI is InChI=1S/C8H6BrI/c9-8(6-10)7-4-2-1-3-5-7/h1-6H/b8-6+. The van der Waals surface area contributed by atoms with E-state index >= 15 is 0 Å². The molecule has 0 aliphatic carbocycles. The van der Waals surface area contributed by atoms with Crippen molar-refractivity contribution in [1.29, 1.82) is 0 Å². The maximum Gasteiger partial charge on any atom is 0.0308 e. The second-order valence-electron chi connectivity index (χ2n) is 1.82. The summed E-state index contributed by atoms with van der Waals surface area (Å²) in [5.41, 5.74) is 1.22. The van der Waals surface area contributed by atoms with Gasteiger partial charge < -0.3 is 0 Å². The van der Waals surface area contributed by atoms with Crippen molar-refractivity contribution in [2.75, 3.05) is 0 Å². The van der Waals surface area contributed by atoms with Gasteiger partial charge in [-0.3, -0.25) is 0 Å². The third kappa shape index (κ3) is 2.09. The molecular weight excluding hydrogens is 303 g/mol. The molecule has 0 aromatic heterocycles. The summed E-state index contributed by atoms with van der Waals surface area (Å²) in [5, 5.41) is 0. The molecule has 52 valence electrons. The first-order valence-electron chi connectivity index (χ1n) is 2.86. The zero-order valence-corrected chi connectivity index (χ0v) is 8.96. The van der Waals surface area contributed by atoms with Gasteiger partial charge in [-0.2, -0.15) is 0 Å². The molecule has 1 aromatic rings. The predicted octanol–water partition coefficient (Wildman–Crippen LogP) is 3.81. The van der Waals surface area contributed by atoms with Crippen LogP contribution in [0.4, 0.5) is 0 Å². The Morgan fingerprint density at radius 3 is 2.40 bits per heavy atom. The summed E-state index contributed by atoms with van der Waals surface area (Å²) in [6, 6.07) is 10.2. The molecule has 0 saturated heterocycles. The van der Waals surface area contributed by atoms with Crippen molar-refractivity contribution in [2.24, 2.45) is 0 Å². The molecule has 0 aliphatic heterocycles. The maximum atomic E-state index is 3.44. The molecule has 1 aromatic carbocycles. The van der Waals surface area contributed by atoms with Crippen LogP contribution in [0.25, 0.3) is 4.48 Å². The van der Waals surface area contributed by atoms with Crippen LogP contribution in [0.3, 0.4) is 0 Å². The van der Waals surface area contributed by atoms with Crippen molar-refractivity contribution in [1.82, 2.24) is 0 Å². The molecule has 0 spiro atoms. The lowest BCUT2D eigenvalue weighted by Gasteiger charge is -1.94. The normalized spacial score (nSPS) is 11.6. The molecule has 2 heteroatoms. The van der Waals surface area contributed by atoms with E-state index in [0.717, 1.165) is 4.48 Å². The maximum absolute atomic E-state index is 3.44. The molecule has 0 nitrogen and oxygen atoms in total. The summed E-state index contributed by atoms with van der Waals surface area (Å²) in [6.45, 7) is 0. The predicted molar refractivity (Wildman–Crippen MR) is 57.4 cm³/mol. The average molecular weight is 309 g/mol. The van der Waals surface area contributed by atoms with Crippen molar-refractivity contribution in [2.45, 2.75) is 0 Å². The monoisotopic (exact) mass is 308 g/mol. The molecule has 0 atom stereocenters. The van der Waals surface area contributed by atoms with Crippen LogP contribution in [0, 0.1) is 0 Å². The minimum atomic E-state index is 1.13. The molecule has 0 radical (unpaired) electrons. The van der Waals surface area contributed by atoms with Gasteiger partial charge in [0, 0.05) is 4.48 Å². The lowest BCUT2D eigenvalue weighted by atomic mass is 10.2. The molecule has 0 unspecified atom stereocenters. The van der Waals surface area contributed by atoms with Crippen molar-refractivity contribution < 1.29 is 0 Å². The summed E-state index contributed by atoms with van der Waals surface area (Å²) >= 11 is 5.65. The molecule has 0 aliphatic rings. The van der Waals surface area contributed by atoms with Crippen molar-refractivity contribution in [3.05, 3.63) is 40.0 Å². The topological polar surface area (TPSA) is 0 Å². The van der Waals surface area contributed by atoms with E-state index in [1.807, 2.05) is 22.3 Å². The van der Waals surface area contributed by atoms with Gasteiger partial charge in [-0.25, -0.2) is 0 Å². The number of hydrogen-bond acceptors (Lipinski definition) is 0. The summed E-state index contributed by atoms with van der Waals surface area (Å²) in [7, 11) is 0. The van der Waals surface area contributed by atoms with Crippen molar-refractivity contribution in [3.63, 3.8) is 0 Å². The summed E-state index contributed by atoms with van der Waals surface area (Å²) < 4.78 is 3.14. The highest BCUT2D eigenvalue weighted by Crippen LogP contribution is 2.21. The zero-order chi connectivity index (χ0) is 7.40. The van der Waals surface area contributed by atoms with Crippen LogP contribution in [0.2, 0.25) is 0 Å². The van der Waals surface area contributed by atoms with Gasteiger partial charge in [0.05, 0.1) is 0 Å². The van der Waals surface area contributed by atoms with Crippen molar-refractivity contribution >= 4 is 43.0 Å². The Balaban J connectivity index is 2.96. The first-order valence-corrected chi connectivity index (χ1v) is 4.90. The minimum absolute atomic E-state index is 1.13. The average Bonchev–Trinajstić information content (AvgIpc) is 2.05. The SMILES string of the molecule is Br/C(=C/I)c1ccccc1. The van der Waals surface area contributed by atoms with E-state index in [-0.39, 0.29) is 0 Å². The van der Waals surface area contributed by atoms with Crippen LogP contribution in [-0.4, -0.2) is 0 Å². The lowest BCUT2D eigenvalue weighted by molar-refractivity contribution is 1.66. The first kappa shape index (κ1) is 8.27. The molecule has 0 fully saturated rings. The lowest BCUT2D eigenvalue weighted by Crippen LogP contribution is -1.71. The quantitative estimate of drug-likeness (QED) is 0.692. The summed E-state index contributed by atoms with van der Waals surface area (Å²) in [6.07, 6.45) is 0.